The van der Waals surface area contributed by atoms with Crippen molar-refractivity contribution in [2.75, 3.05) is 0 Å². The van der Waals surface area contributed by atoms with Crippen LogP contribution in [-0.2, 0) is 11.8 Å². The summed E-state index contributed by atoms with van der Waals surface area (Å²) in [7, 11) is 0. The maximum atomic E-state index is 13.5. The van der Waals surface area contributed by atoms with E-state index in [2.05, 4.69) is 0 Å². The van der Waals surface area contributed by atoms with E-state index in [0.29, 0.717) is 6.07 Å². The van der Waals surface area contributed by atoms with Gasteiger partial charge in [0, 0.05) is 11.1 Å². The summed E-state index contributed by atoms with van der Waals surface area (Å²) >= 11 is 0. The molecular weight excluding hydrogens is 346 g/mol. The zero-order valence-corrected chi connectivity index (χ0v) is 11.6. The first kappa shape index (κ1) is 19.6. The Kier molecular flexibility index (Phi) is 4.72. The summed E-state index contributed by atoms with van der Waals surface area (Å²) in [4.78, 5) is 0. The molecule has 23 heavy (non-hydrogen) atoms. The second-order valence-corrected chi connectivity index (χ2v) is 5.07. The molecule has 0 aliphatic carbocycles. The predicted octanol–water partition coefficient (Wildman–Crippen LogP) is 6.12. The van der Waals surface area contributed by atoms with Crippen molar-refractivity contribution >= 4 is 0 Å². The van der Waals surface area contributed by atoms with E-state index in [1.54, 1.807) is 0 Å². The molecule has 0 fully saturated rings. The largest absolute Gasteiger partial charge is 0.458 e. The molecule has 0 unspecified atom stereocenters. The Hall–Kier alpha value is -1.48. The monoisotopic (exact) mass is 356 g/mol. The fraction of sp³-hybridized carbons (Fsp3) is 0.538. The van der Waals surface area contributed by atoms with Crippen LogP contribution in [0.25, 0.3) is 0 Å². The van der Waals surface area contributed by atoms with E-state index in [1.165, 1.54) is 0 Å². The minimum absolute atomic E-state index is 0.193. The van der Waals surface area contributed by atoms with Crippen LogP contribution in [0.3, 0.4) is 0 Å². The Balaban J connectivity index is 3.77. The number of rotatable bonds is 3. The minimum atomic E-state index is -6.14. The third-order valence-electron chi connectivity index (χ3n) is 3.07. The number of halogens is 10. The van der Waals surface area contributed by atoms with Gasteiger partial charge in [0.25, 0.3) is 0 Å². The van der Waals surface area contributed by atoms with Gasteiger partial charge >= 0.3 is 24.2 Å². The Morgan fingerprint density at radius 1 is 0.652 bits per heavy atom. The molecule has 0 atom stereocenters. The van der Waals surface area contributed by atoms with Crippen LogP contribution in [0.2, 0.25) is 0 Å². The topological polar surface area (TPSA) is 0 Å². The third-order valence-corrected chi connectivity index (χ3v) is 3.07. The molecule has 0 spiro atoms. The van der Waals surface area contributed by atoms with E-state index in [0.717, 1.165) is 13.8 Å². The van der Waals surface area contributed by atoms with Gasteiger partial charge in [-0.15, -0.1) is 0 Å². The number of benzene rings is 1. The van der Waals surface area contributed by atoms with Crippen LogP contribution >= 0.6 is 0 Å². The van der Waals surface area contributed by atoms with Gasteiger partial charge in [0.1, 0.15) is 0 Å². The highest BCUT2D eigenvalue weighted by Gasteiger charge is 2.63. The second kappa shape index (κ2) is 5.55. The minimum Gasteiger partial charge on any atom is -0.191 e. The van der Waals surface area contributed by atoms with Crippen molar-refractivity contribution in [1.29, 1.82) is 0 Å². The average Bonchev–Trinajstić information content (AvgIpc) is 2.34. The van der Waals surface area contributed by atoms with Crippen molar-refractivity contribution in [3.63, 3.8) is 0 Å². The highest BCUT2D eigenvalue weighted by molar-refractivity contribution is 5.43. The molecule has 0 aromatic heterocycles. The molecule has 0 radical (unpaired) electrons. The van der Waals surface area contributed by atoms with Gasteiger partial charge in [-0.2, -0.15) is 43.9 Å². The van der Waals surface area contributed by atoms with E-state index in [9.17, 15) is 43.9 Å². The summed E-state index contributed by atoms with van der Waals surface area (Å²) < 4.78 is 129. The summed E-state index contributed by atoms with van der Waals surface area (Å²) in [6.45, 7) is 1.89. The van der Waals surface area contributed by atoms with Gasteiger partial charge in [0.2, 0.25) is 0 Å². The van der Waals surface area contributed by atoms with Crippen molar-refractivity contribution in [2.45, 2.75) is 44.0 Å². The zero-order chi connectivity index (χ0) is 18.4. The highest BCUT2D eigenvalue weighted by atomic mass is 19.4. The summed E-state index contributed by atoms with van der Waals surface area (Å²) in [6.07, 6.45) is -12.3. The third kappa shape index (κ3) is 3.25. The van der Waals surface area contributed by atoms with Gasteiger partial charge in [-0.1, -0.05) is 32.0 Å². The lowest BCUT2D eigenvalue weighted by molar-refractivity contribution is -0.292. The van der Waals surface area contributed by atoms with Gasteiger partial charge in [-0.05, 0) is 11.5 Å². The normalized spacial score (nSPS) is 14.5. The first-order chi connectivity index (χ1) is 10.0. The Labute approximate surface area is 124 Å². The smallest absolute Gasteiger partial charge is 0.191 e. The molecule has 1 rings (SSSR count). The molecule has 0 saturated carbocycles. The molecule has 0 bridgehead atoms. The molecule has 0 N–H and O–H groups in total. The van der Waals surface area contributed by atoms with Crippen molar-refractivity contribution in [1.82, 2.24) is 0 Å². The number of alkyl halides is 10. The molecule has 132 valence electrons. The highest BCUT2D eigenvalue weighted by Crippen LogP contribution is 2.51. The van der Waals surface area contributed by atoms with Crippen molar-refractivity contribution in [2.24, 2.45) is 0 Å². The van der Waals surface area contributed by atoms with Gasteiger partial charge in [0.05, 0.1) is 0 Å². The summed E-state index contributed by atoms with van der Waals surface area (Å²) in [5, 5.41) is 0. The maximum absolute atomic E-state index is 13.5. The van der Waals surface area contributed by atoms with Crippen molar-refractivity contribution in [3.05, 3.63) is 34.9 Å². The molecule has 0 aliphatic heterocycles. The van der Waals surface area contributed by atoms with Gasteiger partial charge < -0.3 is 0 Å². The zero-order valence-electron chi connectivity index (χ0n) is 11.6. The predicted molar refractivity (Wildman–Crippen MR) is 60.4 cm³/mol. The fourth-order valence-electron chi connectivity index (χ4n) is 2.04. The maximum Gasteiger partial charge on any atom is 0.458 e. The molecule has 0 amide bonds. The molecule has 0 saturated heterocycles. The van der Waals surface area contributed by atoms with Crippen LogP contribution in [0, 0.1) is 0 Å². The number of hydrogen-bond acceptors (Lipinski definition) is 0. The molecular formula is C13H10F10. The van der Waals surface area contributed by atoms with Crippen LogP contribution in [-0.4, -0.2) is 12.4 Å². The molecule has 0 nitrogen and oxygen atoms in total. The summed E-state index contributed by atoms with van der Waals surface area (Å²) in [6, 6.07) is 0.702. The molecule has 0 heterocycles. The first-order valence-corrected chi connectivity index (χ1v) is 6.08. The van der Waals surface area contributed by atoms with Gasteiger partial charge in [-0.3, -0.25) is 0 Å². The van der Waals surface area contributed by atoms with E-state index in [-0.39, 0.29) is 12.1 Å². The van der Waals surface area contributed by atoms with E-state index < -0.39 is 46.8 Å². The van der Waals surface area contributed by atoms with Crippen LogP contribution in [0.4, 0.5) is 43.9 Å². The lowest BCUT2D eigenvalue weighted by Gasteiger charge is -2.29. The van der Waals surface area contributed by atoms with Crippen LogP contribution in [0.1, 0.15) is 36.5 Å². The summed E-state index contributed by atoms with van der Waals surface area (Å²) in [5.41, 5.74) is -5.21. The number of hydrogen-bond donors (Lipinski definition) is 0. The van der Waals surface area contributed by atoms with Gasteiger partial charge in [0.15, 0.2) is 0 Å². The van der Waals surface area contributed by atoms with E-state index in [4.69, 9.17) is 0 Å². The second-order valence-electron chi connectivity index (χ2n) is 5.07. The molecule has 1 aromatic rings. The Morgan fingerprint density at radius 3 is 1.17 bits per heavy atom. The van der Waals surface area contributed by atoms with E-state index >= 15 is 0 Å². The molecule has 1 aromatic carbocycles. The SMILES string of the molecule is CC(C)c1c(C(F)(F)C(F)(F)F)cccc1C(F)(F)C(F)(F)F. The Bertz CT molecular complexity index is 521. The lowest BCUT2D eigenvalue weighted by atomic mass is 9.86. The van der Waals surface area contributed by atoms with Gasteiger partial charge in [-0.25, -0.2) is 0 Å². The fourth-order valence-corrected chi connectivity index (χ4v) is 2.04. The first-order valence-electron chi connectivity index (χ1n) is 6.08. The molecule has 10 heteroatoms. The van der Waals surface area contributed by atoms with Crippen LogP contribution < -0.4 is 0 Å². The average molecular weight is 356 g/mol. The van der Waals surface area contributed by atoms with Crippen molar-refractivity contribution in [3.8, 4) is 0 Å². The molecule has 0 aliphatic rings. The van der Waals surface area contributed by atoms with Crippen molar-refractivity contribution < 1.29 is 43.9 Å². The van der Waals surface area contributed by atoms with E-state index in [1.807, 2.05) is 0 Å². The standard InChI is InChI=1S/C13H10F10/c1-6(2)9-7(10(14,15)12(18,19)20)4-3-5-8(9)11(16,17)13(21,22)23/h3-6H,1-2H3. The lowest BCUT2D eigenvalue weighted by Crippen LogP contribution is -2.38. The quantitative estimate of drug-likeness (QED) is 0.573. The summed E-state index contributed by atoms with van der Waals surface area (Å²) in [5.74, 6) is -12.6. The Morgan fingerprint density at radius 2 is 0.957 bits per heavy atom. The van der Waals surface area contributed by atoms with Crippen LogP contribution in [0.5, 0.6) is 0 Å². The van der Waals surface area contributed by atoms with Crippen LogP contribution in [0.15, 0.2) is 18.2 Å².